The lowest BCUT2D eigenvalue weighted by Crippen LogP contribution is -2.33. The van der Waals surface area contributed by atoms with Gasteiger partial charge in [-0.1, -0.05) is 12.8 Å². The van der Waals surface area contributed by atoms with Crippen molar-refractivity contribution >= 4 is 17.6 Å². The highest BCUT2D eigenvalue weighted by atomic mass is 16.5. The van der Waals surface area contributed by atoms with Crippen molar-refractivity contribution in [2.24, 2.45) is 10.7 Å². The second-order valence-corrected chi connectivity index (χ2v) is 6.21. The Hall–Kier alpha value is -2.44. The van der Waals surface area contributed by atoms with Gasteiger partial charge in [0.2, 0.25) is 5.91 Å². The van der Waals surface area contributed by atoms with Gasteiger partial charge in [-0.2, -0.15) is 0 Å². The normalized spacial score (nSPS) is 14.9. The average Bonchev–Trinajstić information content (AvgIpc) is 3.10. The summed E-state index contributed by atoms with van der Waals surface area (Å²) in [6, 6.07) is 5.83. The monoisotopic (exact) mass is 362 g/mol. The Bertz CT molecular complexity index is 613. The van der Waals surface area contributed by atoms with E-state index in [4.69, 9.17) is 15.2 Å². The number of ether oxygens (including phenoxy) is 2. The number of carbonyl (C=O) groups excluding carboxylic acids is 1. The molecular formula is C19H30N4O3. The maximum atomic E-state index is 11.9. The van der Waals surface area contributed by atoms with Crippen LogP contribution in [0.15, 0.2) is 23.2 Å². The summed E-state index contributed by atoms with van der Waals surface area (Å²) in [6.45, 7) is 5.30. The molecule has 1 aliphatic carbocycles. The molecule has 1 aromatic rings. The second kappa shape index (κ2) is 10.5. The molecule has 7 nitrogen and oxygen atoms in total. The molecular weight excluding hydrogens is 332 g/mol. The Kier molecular flexibility index (Phi) is 8.05. The molecule has 0 aromatic heterocycles. The molecule has 1 saturated carbocycles. The lowest BCUT2D eigenvalue weighted by molar-refractivity contribution is -0.121. The van der Waals surface area contributed by atoms with Crippen molar-refractivity contribution < 1.29 is 14.3 Å². The van der Waals surface area contributed by atoms with Gasteiger partial charge in [0, 0.05) is 18.5 Å². The van der Waals surface area contributed by atoms with Crippen LogP contribution in [0.3, 0.4) is 0 Å². The molecule has 0 radical (unpaired) electrons. The number of nitrogens with one attached hydrogen (secondary N) is 2. The van der Waals surface area contributed by atoms with E-state index >= 15 is 0 Å². The van der Waals surface area contributed by atoms with Gasteiger partial charge in [-0.3, -0.25) is 9.79 Å². The van der Waals surface area contributed by atoms with Crippen LogP contribution < -0.4 is 25.8 Å². The highest BCUT2D eigenvalue weighted by Gasteiger charge is 2.16. The van der Waals surface area contributed by atoms with Crippen molar-refractivity contribution in [1.29, 1.82) is 0 Å². The van der Waals surface area contributed by atoms with Crippen molar-refractivity contribution in [1.82, 2.24) is 5.32 Å². The third-order valence-electron chi connectivity index (χ3n) is 4.17. The van der Waals surface area contributed by atoms with E-state index in [1.54, 1.807) is 0 Å². The van der Waals surface area contributed by atoms with Crippen LogP contribution >= 0.6 is 0 Å². The van der Waals surface area contributed by atoms with E-state index < -0.39 is 0 Å². The first kappa shape index (κ1) is 19.9. The molecule has 7 heteroatoms. The first-order valence-electron chi connectivity index (χ1n) is 9.38. The van der Waals surface area contributed by atoms with Crippen molar-refractivity contribution in [2.45, 2.75) is 52.0 Å². The number of hydrogen-bond donors (Lipinski definition) is 3. The van der Waals surface area contributed by atoms with Crippen LogP contribution in [0.25, 0.3) is 0 Å². The van der Waals surface area contributed by atoms with Gasteiger partial charge in [-0.15, -0.1) is 0 Å². The molecule has 144 valence electrons. The number of anilines is 1. The molecule has 1 aromatic carbocycles. The molecule has 0 unspecified atom stereocenters. The van der Waals surface area contributed by atoms with E-state index in [9.17, 15) is 4.79 Å². The summed E-state index contributed by atoms with van der Waals surface area (Å²) in [5, 5.41) is 6.08. The van der Waals surface area contributed by atoms with Crippen LogP contribution in [-0.4, -0.2) is 37.7 Å². The number of nitrogens with two attached hydrogens (primary N) is 1. The number of aliphatic imine (C=N–C) groups is 1. The van der Waals surface area contributed by atoms with Gasteiger partial charge >= 0.3 is 0 Å². The molecule has 0 heterocycles. The molecule has 0 atom stereocenters. The Labute approximate surface area is 155 Å². The summed E-state index contributed by atoms with van der Waals surface area (Å²) in [5.74, 6) is 1.67. The molecule has 2 rings (SSSR count). The first-order valence-corrected chi connectivity index (χ1v) is 9.38. The predicted molar refractivity (Wildman–Crippen MR) is 104 cm³/mol. The predicted octanol–water partition coefficient (Wildman–Crippen LogP) is 2.66. The van der Waals surface area contributed by atoms with Crippen molar-refractivity contribution in [3.8, 4) is 11.5 Å². The molecule has 0 aliphatic heterocycles. The number of hydrogen-bond acceptors (Lipinski definition) is 4. The molecule has 26 heavy (non-hydrogen) atoms. The molecule has 0 spiro atoms. The van der Waals surface area contributed by atoms with Gasteiger partial charge in [-0.05, 0) is 38.8 Å². The number of guanidine groups is 1. The van der Waals surface area contributed by atoms with Gasteiger partial charge in [0.25, 0.3) is 0 Å². The summed E-state index contributed by atoms with van der Waals surface area (Å²) < 4.78 is 11.1. The maximum Gasteiger partial charge on any atom is 0.222 e. The minimum absolute atomic E-state index is 0.0294. The smallest absolute Gasteiger partial charge is 0.222 e. The van der Waals surface area contributed by atoms with Gasteiger partial charge in [0.05, 0.1) is 25.4 Å². The Morgan fingerprint density at radius 1 is 1.23 bits per heavy atom. The largest absolute Gasteiger partial charge is 0.494 e. The maximum absolute atomic E-state index is 11.9. The van der Waals surface area contributed by atoms with Crippen molar-refractivity contribution in [3.05, 3.63) is 18.2 Å². The fourth-order valence-electron chi connectivity index (χ4n) is 2.97. The molecule has 4 N–H and O–H groups in total. The van der Waals surface area contributed by atoms with E-state index in [2.05, 4.69) is 15.6 Å². The summed E-state index contributed by atoms with van der Waals surface area (Å²) in [4.78, 5) is 16.2. The SMILES string of the molecule is CCOc1ccc(OCC)c(NC(N)=NCCC(=O)NC2CCCC2)c1. The van der Waals surface area contributed by atoms with Gasteiger partial charge in [0.1, 0.15) is 11.5 Å². The lowest BCUT2D eigenvalue weighted by Gasteiger charge is -2.14. The zero-order valence-electron chi connectivity index (χ0n) is 15.7. The van der Waals surface area contributed by atoms with Crippen LogP contribution in [-0.2, 0) is 4.79 Å². The van der Waals surface area contributed by atoms with Crippen molar-refractivity contribution in [2.75, 3.05) is 25.1 Å². The van der Waals surface area contributed by atoms with Crippen LogP contribution in [0, 0.1) is 0 Å². The van der Waals surface area contributed by atoms with Crippen molar-refractivity contribution in [3.63, 3.8) is 0 Å². The number of amides is 1. The molecule has 0 saturated heterocycles. The highest BCUT2D eigenvalue weighted by molar-refractivity contribution is 5.94. The fraction of sp³-hybridized carbons (Fsp3) is 0.579. The van der Waals surface area contributed by atoms with Crippen LogP contribution in [0.1, 0.15) is 46.0 Å². The summed E-state index contributed by atoms with van der Waals surface area (Å²) >= 11 is 0. The number of rotatable bonds is 9. The van der Waals surface area contributed by atoms with E-state index in [0.717, 1.165) is 18.6 Å². The Morgan fingerprint density at radius 3 is 2.65 bits per heavy atom. The third kappa shape index (κ3) is 6.46. The van der Waals surface area contributed by atoms with Gasteiger partial charge < -0.3 is 25.8 Å². The fourth-order valence-corrected chi connectivity index (χ4v) is 2.97. The summed E-state index contributed by atoms with van der Waals surface area (Å²) in [5.41, 5.74) is 6.64. The highest BCUT2D eigenvalue weighted by Crippen LogP contribution is 2.29. The van der Waals surface area contributed by atoms with E-state index in [1.807, 2.05) is 32.0 Å². The van der Waals surface area contributed by atoms with Crippen LogP contribution in [0.2, 0.25) is 0 Å². The number of benzene rings is 1. The van der Waals surface area contributed by atoms with E-state index in [1.165, 1.54) is 12.8 Å². The quantitative estimate of drug-likeness (QED) is 0.463. The summed E-state index contributed by atoms with van der Waals surface area (Å²) in [7, 11) is 0. The van der Waals surface area contributed by atoms with Gasteiger partial charge in [-0.25, -0.2) is 0 Å². The minimum Gasteiger partial charge on any atom is -0.494 e. The zero-order chi connectivity index (χ0) is 18.8. The molecule has 1 amide bonds. The summed E-state index contributed by atoms with van der Waals surface area (Å²) in [6.07, 6.45) is 4.88. The number of carbonyl (C=O) groups is 1. The third-order valence-corrected chi connectivity index (χ3v) is 4.17. The lowest BCUT2D eigenvalue weighted by atomic mass is 10.2. The zero-order valence-corrected chi connectivity index (χ0v) is 15.7. The van der Waals surface area contributed by atoms with Crippen LogP contribution in [0.5, 0.6) is 11.5 Å². The number of nitrogens with zero attached hydrogens (tertiary/aromatic N) is 1. The van der Waals surface area contributed by atoms with E-state index in [0.29, 0.717) is 43.7 Å². The molecule has 1 fully saturated rings. The first-order chi connectivity index (χ1) is 12.6. The Balaban J connectivity index is 1.88. The molecule has 0 bridgehead atoms. The van der Waals surface area contributed by atoms with Crippen LogP contribution in [0.4, 0.5) is 5.69 Å². The minimum atomic E-state index is 0.0294. The van der Waals surface area contributed by atoms with E-state index in [-0.39, 0.29) is 11.9 Å². The second-order valence-electron chi connectivity index (χ2n) is 6.21. The van der Waals surface area contributed by atoms with Gasteiger partial charge in [0.15, 0.2) is 5.96 Å². The standard InChI is InChI=1S/C19H30N4O3/c1-3-25-15-9-10-17(26-4-2)16(13-15)23-19(20)21-12-11-18(24)22-14-7-5-6-8-14/h9-10,13-14H,3-8,11-12H2,1-2H3,(H,22,24)(H3,20,21,23). The average molecular weight is 362 g/mol. The molecule has 1 aliphatic rings. The topological polar surface area (TPSA) is 98.0 Å². The Morgan fingerprint density at radius 2 is 1.96 bits per heavy atom.